The lowest BCUT2D eigenvalue weighted by Crippen LogP contribution is -2.31. The molecule has 2 N–H and O–H groups in total. The molecular weight excluding hydrogens is 258 g/mol. The smallest absolute Gasteiger partial charge is 0.223 e. The molecule has 1 atom stereocenters. The number of aliphatic hydroxyl groups excluding tert-OH is 1. The van der Waals surface area contributed by atoms with Crippen molar-refractivity contribution in [2.45, 2.75) is 26.5 Å². The molecule has 0 aliphatic carbocycles. The Labute approximate surface area is 117 Å². The highest BCUT2D eigenvalue weighted by Crippen LogP contribution is 2.11. The lowest BCUT2D eigenvalue weighted by atomic mass is 10.2. The van der Waals surface area contributed by atoms with Crippen LogP contribution in [0.1, 0.15) is 17.3 Å². The first-order chi connectivity index (χ1) is 9.63. The van der Waals surface area contributed by atoms with E-state index in [2.05, 4.69) is 15.5 Å². The topological polar surface area (TPSA) is 80.4 Å². The van der Waals surface area contributed by atoms with Gasteiger partial charge in [-0.25, -0.2) is 0 Å². The maximum Gasteiger partial charge on any atom is 0.223 e. The number of hydrogen-bond acceptors (Lipinski definition) is 6. The minimum atomic E-state index is -0.593. The summed E-state index contributed by atoms with van der Waals surface area (Å²) in [7, 11) is 0. The molecule has 0 spiro atoms. The van der Waals surface area contributed by atoms with Gasteiger partial charge < -0.3 is 19.7 Å². The Morgan fingerprint density at radius 3 is 2.70 bits per heavy atom. The van der Waals surface area contributed by atoms with Crippen LogP contribution in [-0.2, 0) is 6.54 Å². The van der Waals surface area contributed by atoms with E-state index >= 15 is 0 Å². The van der Waals surface area contributed by atoms with Crippen molar-refractivity contribution in [3.8, 4) is 5.75 Å². The molecule has 0 saturated heterocycles. The van der Waals surface area contributed by atoms with Crippen molar-refractivity contribution in [3.05, 3.63) is 41.5 Å². The van der Waals surface area contributed by atoms with Gasteiger partial charge in [-0.2, -0.15) is 4.98 Å². The molecule has 0 amide bonds. The fourth-order valence-electron chi connectivity index (χ4n) is 1.65. The van der Waals surface area contributed by atoms with Gasteiger partial charge >= 0.3 is 0 Å². The summed E-state index contributed by atoms with van der Waals surface area (Å²) >= 11 is 0. The van der Waals surface area contributed by atoms with E-state index in [1.165, 1.54) is 5.56 Å². The maximum absolute atomic E-state index is 9.80. The van der Waals surface area contributed by atoms with Crippen molar-refractivity contribution >= 4 is 0 Å². The largest absolute Gasteiger partial charge is 0.491 e. The molecule has 108 valence electrons. The van der Waals surface area contributed by atoms with Gasteiger partial charge in [-0.05, 0) is 19.1 Å². The van der Waals surface area contributed by atoms with Gasteiger partial charge in [0, 0.05) is 13.5 Å². The Balaban J connectivity index is 1.65. The third-order valence-corrected chi connectivity index (χ3v) is 2.70. The van der Waals surface area contributed by atoms with Gasteiger partial charge in [0.25, 0.3) is 0 Å². The molecule has 1 aromatic heterocycles. The second-order valence-electron chi connectivity index (χ2n) is 4.64. The van der Waals surface area contributed by atoms with E-state index in [1.54, 1.807) is 6.92 Å². The van der Waals surface area contributed by atoms with Crippen molar-refractivity contribution in [2.75, 3.05) is 13.2 Å². The molecule has 6 heteroatoms. The fourth-order valence-corrected chi connectivity index (χ4v) is 1.65. The Morgan fingerprint density at radius 2 is 2.05 bits per heavy atom. The summed E-state index contributed by atoms with van der Waals surface area (Å²) in [5.74, 6) is 1.86. The lowest BCUT2D eigenvalue weighted by Gasteiger charge is -2.12. The predicted molar refractivity (Wildman–Crippen MR) is 73.4 cm³/mol. The molecule has 1 unspecified atom stereocenters. The second kappa shape index (κ2) is 7.02. The highest BCUT2D eigenvalue weighted by Gasteiger charge is 2.07. The van der Waals surface area contributed by atoms with Crippen LogP contribution in [0.4, 0.5) is 0 Å². The highest BCUT2D eigenvalue weighted by molar-refractivity contribution is 5.26. The van der Waals surface area contributed by atoms with Crippen molar-refractivity contribution in [2.24, 2.45) is 0 Å². The average Bonchev–Trinajstić information content (AvgIpc) is 2.84. The molecule has 0 aliphatic heterocycles. The zero-order valence-electron chi connectivity index (χ0n) is 11.7. The summed E-state index contributed by atoms with van der Waals surface area (Å²) in [6, 6.07) is 7.71. The van der Waals surface area contributed by atoms with Crippen molar-refractivity contribution < 1.29 is 14.4 Å². The van der Waals surface area contributed by atoms with Crippen LogP contribution < -0.4 is 10.1 Å². The Kier molecular flexibility index (Phi) is 5.09. The zero-order chi connectivity index (χ0) is 14.4. The normalized spacial score (nSPS) is 12.3. The second-order valence-corrected chi connectivity index (χ2v) is 4.64. The molecule has 6 nitrogen and oxygen atoms in total. The van der Waals surface area contributed by atoms with Crippen LogP contribution >= 0.6 is 0 Å². The summed E-state index contributed by atoms with van der Waals surface area (Å²) in [6.45, 7) is 4.85. The molecule has 2 aromatic rings. The molecule has 20 heavy (non-hydrogen) atoms. The monoisotopic (exact) mass is 277 g/mol. The number of benzene rings is 1. The number of nitrogens with zero attached hydrogens (tertiary/aromatic N) is 2. The van der Waals surface area contributed by atoms with Gasteiger partial charge in [0.15, 0.2) is 5.82 Å². The highest BCUT2D eigenvalue weighted by atomic mass is 16.5. The number of aryl methyl sites for hydroxylation is 2. The molecule has 0 aliphatic rings. The van der Waals surface area contributed by atoms with E-state index in [0.29, 0.717) is 24.8 Å². The third kappa shape index (κ3) is 4.64. The predicted octanol–water partition coefficient (Wildman–Crippen LogP) is 1.22. The fraction of sp³-hybridized carbons (Fsp3) is 0.429. The summed E-state index contributed by atoms with van der Waals surface area (Å²) in [6.07, 6.45) is -0.593. The van der Waals surface area contributed by atoms with E-state index in [9.17, 15) is 5.11 Å². The van der Waals surface area contributed by atoms with Crippen LogP contribution in [0.15, 0.2) is 28.8 Å². The number of hydrogen-bond donors (Lipinski definition) is 2. The van der Waals surface area contributed by atoms with Gasteiger partial charge in [-0.3, -0.25) is 0 Å². The quantitative estimate of drug-likeness (QED) is 0.792. The number of nitrogens with one attached hydrogen (secondary N) is 1. The van der Waals surface area contributed by atoms with Crippen LogP contribution in [-0.4, -0.2) is 34.5 Å². The maximum atomic E-state index is 9.80. The summed E-state index contributed by atoms with van der Waals surface area (Å²) in [5.41, 5.74) is 1.18. The van der Waals surface area contributed by atoms with E-state index < -0.39 is 6.10 Å². The Morgan fingerprint density at radius 1 is 1.30 bits per heavy atom. The first kappa shape index (κ1) is 14.5. The molecule has 0 bridgehead atoms. The van der Waals surface area contributed by atoms with Crippen LogP contribution in [0.2, 0.25) is 0 Å². The lowest BCUT2D eigenvalue weighted by molar-refractivity contribution is 0.106. The minimum absolute atomic E-state index is 0.237. The summed E-state index contributed by atoms with van der Waals surface area (Å²) in [5, 5.41) is 16.6. The van der Waals surface area contributed by atoms with Crippen LogP contribution in [0.3, 0.4) is 0 Å². The summed E-state index contributed by atoms with van der Waals surface area (Å²) < 4.78 is 10.3. The van der Waals surface area contributed by atoms with E-state index in [1.807, 2.05) is 31.2 Å². The molecule has 2 rings (SSSR count). The molecule has 0 fully saturated rings. The van der Waals surface area contributed by atoms with Crippen LogP contribution in [0.25, 0.3) is 0 Å². The number of aliphatic hydroxyl groups is 1. The Hall–Kier alpha value is -1.92. The van der Waals surface area contributed by atoms with Crippen molar-refractivity contribution in [1.29, 1.82) is 0 Å². The number of aromatic nitrogens is 2. The number of rotatable bonds is 7. The molecule has 1 aromatic carbocycles. The van der Waals surface area contributed by atoms with Gasteiger partial charge in [0.2, 0.25) is 5.89 Å². The number of ether oxygens (including phenoxy) is 1. The standard InChI is InChI=1S/C14H19N3O3/c1-10-3-5-13(6-4-10)19-9-12(18)7-15-8-14-16-11(2)20-17-14/h3-6,12,15,18H,7-9H2,1-2H3. The van der Waals surface area contributed by atoms with Crippen molar-refractivity contribution in [3.63, 3.8) is 0 Å². The van der Waals surface area contributed by atoms with Crippen LogP contribution in [0.5, 0.6) is 5.75 Å². The van der Waals surface area contributed by atoms with E-state index in [-0.39, 0.29) is 6.61 Å². The minimum Gasteiger partial charge on any atom is -0.491 e. The average molecular weight is 277 g/mol. The third-order valence-electron chi connectivity index (χ3n) is 2.70. The summed E-state index contributed by atoms with van der Waals surface area (Å²) in [4.78, 5) is 4.06. The SMILES string of the molecule is Cc1ccc(OCC(O)CNCc2noc(C)n2)cc1. The van der Waals surface area contributed by atoms with E-state index in [0.717, 1.165) is 5.75 Å². The van der Waals surface area contributed by atoms with Crippen LogP contribution in [0, 0.1) is 13.8 Å². The van der Waals surface area contributed by atoms with E-state index in [4.69, 9.17) is 9.26 Å². The molecule has 0 radical (unpaired) electrons. The molecular formula is C14H19N3O3. The van der Waals surface area contributed by atoms with Gasteiger partial charge in [-0.1, -0.05) is 22.9 Å². The molecule has 1 heterocycles. The van der Waals surface area contributed by atoms with Gasteiger partial charge in [0.1, 0.15) is 18.5 Å². The Bertz CT molecular complexity index is 525. The van der Waals surface area contributed by atoms with Gasteiger partial charge in [0.05, 0.1) is 6.54 Å². The first-order valence-corrected chi connectivity index (χ1v) is 6.51. The first-order valence-electron chi connectivity index (χ1n) is 6.51. The molecule has 0 saturated carbocycles. The zero-order valence-corrected chi connectivity index (χ0v) is 11.7. The van der Waals surface area contributed by atoms with Gasteiger partial charge in [-0.15, -0.1) is 0 Å². The van der Waals surface area contributed by atoms with Crippen molar-refractivity contribution in [1.82, 2.24) is 15.5 Å².